The van der Waals surface area contributed by atoms with Crippen molar-refractivity contribution in [1.82, 2.24) is 25.5 Å². The van der Waals surface area contributed by atoms with Crippen LogP contribution in [0.4, 0.5) is 0 Å². The predicted octanol–water partition coefficient (Wildman–Crippen LogP) is 5.93. The predicted molar refractivity (Wildman–Crippen MR) is 136 cm³/mol. The molecule has 6 nitrogen and oxygen atoms in total. The maximum absolute atomic E-state index is 6.07. The van der Waals surface area contributed by atoms with Crippen molar-refractivity contribution < 1.29 is 4.74 Å². The highest BCUT2D eigenvalue weighted by Gasteiger charge is 2.09. The van der Waals surface area contributed by atoms with Gasteiger partial charge in [0.2, 0.25) is 5.16 Å². The Labute approximate surface area is 210 Å². The third kappa shape index (κ3) is 7.04. The molecule has 1 N–H and O–H groups in total. The van der Waals surface area contributed by atoms with Gasteiger partial charge in [0.25, 0.3) is 0 Å². The van der Waals surface area contributed by atoms with E-state index in [1.54, 1.807) is 16.4 Å². The SMILES string of the molecule is Clc1ccc(COc2ccc(Br)cc2CNCCCSc2nnnn2-c2ccccc2)cc1. The van der Waals surface area contributed by atoms with Gasteiger partial charge < -0.3 is 10.1 Å². The fraction of sp³-hybridized carbons (Fsp3) is 0.208. The summed E-state index contributed by atoms with van der Waals surface area (Å²) in [5.41, 5.74) is 3.15. The van der Waals surface area contributed by atoms with Crippen LogP contribution in [0.2, 0.25) is 5.02 Å². The number of nitrogens with zero attached hydrogens (tertiary/aromatic N) is 4. The number of para-hydroxylation sites is 1. The van der Waals surface area contributed by atoms with Crippen molar-refractivity contribution in [1.29, 1.82) is 0 Å². The van der Waals surface area contributed by atoms with E-state index in [2.05, 4.69) is 42.8 Å². The van der Waals surface area contributed by atoms with Crippen LogP contribution in [0.1, 0.15) is 17.5 Å². The maximum atomic E-state index is 6.07. The largest absolute Gasteiger partial charge is 0.489 e. The summed E-state index contributed by atoms with van der Waals surface area (Å²) in [6, 6.07) is 23.7. The minimum absolute atomic E-state index is 0.499. The molecular weight excluding hydrogens is 522 g/mol. The number of ether oxygens (including phenoxy) is 1. The third-order valence-electron chi connectivity index (χ3n) is 4.82. The smallest absolute Gasteiger partial charge is 0.214 e. The summed E-state index contributed by atoms with van der Waals surface area (Å²) in [7, 11) is 0. The summed E-state index contributed by atoms with van der Waals surface area (Å²) in [5.74, 6) is 1.79. The Morgan fingerprint density at radius 3 is 2.67 bits per heavy atom. The van der Waals surface area contributed by atoms with Crippen LogP contribution in [0.3, 0.4) is 0 Å². The molecule has 0 amide bonds. The molecule has 4 rings (SSSR count). The molecule has 0 saturated carbocycles. The topological polar surface area (TPSA) is 64.9 Å². The van der Waals surface area contributed by atoms with E-state index in [9.17, 15) is 0 Å². The lowest BCUT2D eigenvalue weighted by atomic mass is 10.2. The molecule has 0 aliphatic carbocycles. The second kappa shape index (κ2) is 12.2. The standard InChI is InChI=1S/C24H23BrClN5OS/c25-20-9-12-23(32-17-18-7-10-21(26)11-8-18)19(15-20)16-27-13-4-14-33-24-28-29-30-31(24)22-5-2-1-3-6-22/h1-3,5-12,15,27H,4,13-14,16-17H2. The first-order valence-electron chi connectivity index (χ1n) is 10.5. The van der Waals surface area contributed by atoms with Crippen molar-refractivity contribution in [3.8, 4) is 11.4 Å². The Kier molecular flexibility index (Phi) is 8.77. The first-order chi connectivity index (χ1) is 16.2. The maximum Gasteiger partial charge on any atom is 0.214 e. The van der Waals surface area contributed by atoms with Crippen molar-refractivity contribution in [2.75, 3.05) is 12.3 Å². The quantitative estimate of drug-likeness (QED) is 0.187. The number of aromatic nitrogens is 4. The molecule has 0 saturated heterocycles. The number of hydrogen-bond acceptors (Lipinski definition) is 6. The number of halogens is 2. The van der Waals surface area contributed by atoms with E-state index < -0.39 is 0 Å². The molecule has 170 valence electrons. The molecule has 33 heavy (non-hydrogen) atoms. The van der Waals surface area contributed by atoms with Gasteiger partial charge >= 0.3 is 0 Å². The number of nitrogens with one attached hydrogen (secondary N) is 1. The van der Waals surface area contributed by atoms with Gasteiger partial charge in [-0.3, -0.25) is 0 Å². The Hall–Kier alpha value is -2.39. The molecule has 3 aromatic carbocycles. The minimum atomic E-state index is 0.499. The van der Waals surface area contributed by atoms with E-state index in [0.717, 1.165) is 62.5 Å². The summed E-state index contributed by atoms with van der Waals surface area (Å²) < 4.78 is 8.86. The van der Waals surface area contributed by atoms with Crippen molar-refractivity contribution in [3.63, 3.8) is 0 Å². The van der Waals surface area contributed by atoms with Crippen LogP contribution in [-0.2, 0) is 13.2 Å². The fourth-order valence-electron chi connectivity index (χ4n) is 3.15. The molecule has 0 fully saturated rings. The van der Waals surface area contributed by atoms with Crippen LogP contribution in [0.5, 0.6) is 5.75 Å². The molecule has 1 aromatic heterocycles. The van der Waals surface area contributed by atoms with E-state index in [0.29, 0.717) is 6.61 Å². The van der Waals surface area contributed by atoms with Gasteiger partial charge in [-0.05, 0) is 71.4 Å². The molecule has 0 aliphatic rings. The van der Waals surface area contributed by atoms with E-state index in [-0.39, 0.29) is 0 Å². The van der Waals surface area contributed by atoms with E-state index in [4.69, 9.17) is 16.3 Å². The number of tetrazole rings is 1. The van der Waals surface area contributed by atoms with E-state index in [1.165, 1.54) is 0 Å². The first-order valence-corrected chi connectivity index (χ1v) is 12.7. The lowest BCUT2D eigenvalue weighted by Gasteiger charge is -2.13. The van der Waals surface area contributed by atoms with Crippen LogP contribution < -0.4 is 10.1 Å². The Balaban J connectivity index is 1.23. The van der Waals surface area contributed by atoms with Crippen LogP contribution in [-0.4, -0.2) is 32.5 Å². The average Bonchev–Trinajstić information content (AvgIpc) is 3.31. The van der Waals surface area contributed by atoms with Gasteiger partial charge in [0.15, 0.2) is 0 Å². The van der Waals surface area contributed by atoms with Crippen LogP contribution in [0, 0.1) is 0 Å². The Morgan fingerprint density at radius 2 is 1.85 bits per heavy atom. The molecule has 0 aliphatic heterocycles. The van der Waals surface area contributed by atoms with Gasteiger partial charge in [0, 0.05) is 27.4 Å². The zero-order valence-electron chi connectivity index (χ0n) is 17.8. The van der Waals surface area contributed by atoms with Gasteiger partial charge in [-0.25, -0.2) is 0 Å². The number of hydrogen-bond donors (Lipinski definition) is 1. The molecule has 0 bridgehead atoms. The highest BCUT2D eigenvalue weighted by molar-refractivity contribution is 9.10. The van der Waals surface area contributed by atoms with Crippen molar-refractivity contribution in [3.05, 3.63) is 93.4 Å². The first kappa shape index (κ1) is 23.8. The Morgan fingerprint density at radius 1 is 1.03 bits per heavy atom. The fourth-order valence-corrected chi connectivity index (χ4v) is 4.52. The monoisotopic (exact) mass is 543 g/mol. The average molecular weight is 545 g/mol. The molecule has 4 aromatic rings. The lowest BCUT2D eigenvalue weighted by molar-refractivity contribution is 0.302. The molecule has 9 heteroatoms. The summed E-state index contributed by atoms with van der Waals surface area (Å²) in [6.45, 7) is 2.10. The number of thioether (sulfide) groups is 1. The molecule has 0 atom stereocenters. The zero-order chi connectivity index (χ0) is 22.9. The van der Waals surface area contributed by atoms with Gasteiger partial charge in [-0.15, -0.1) is 5.10 Å². The second-order valence-corrected chi connectivity index (χ2v) is 9.67. The highest BCUT2D eigenvalue weighted by atomic mass is 79.9. The number of benzene rings is 3. The lowest BCUT2D eigenvalue weighted by Crippen LogP contribution is -2.16. The molecular formula is C24H23BrClN5OS. The van der Waals surface area contributed by atoms with Gasteiger partial charge in [0.05, 0.1) is 5.69 Å². The van der Waals surface area contributed by atoms with Crippen LogP contribution in [0.15, 0.2) is 82.4 Å². The minimum Gasteiger partial charge on any atom is -0.489 e. The molecule has 0 radical (unpaired) electrons. The normalized spacial score (nSPS) is 11.0. The number of rotatable bonds is 11. The molecule has 1 heterocycles. The summed E-state index contributed by atoms with van der Waals surface area (Å²) in [5, 5.41) is 17.1. The summed E-state index contributed by atoms with van der Waals surface area (Å²) in [4.78, 5) is 0. The van der Waals surface area contributed by atoms with E-state index >= 15 is 0 Å². The van der Waals surface area contributed by atoms with Gasteiger partial charge in [0.1, 0.15) is 12.4 Å². The second-order valence-electron chi connectivity index (χ2n) is 7.25. The van der Waals surface area contributed by atoms with Crippen LogP contribution in [0.25, 0.3) is 5.69 Å². The van der Waals surface area contributed by atoms with Gasteiger partial charge in [-0.1, -0.05) is 69.6 Å². The zero-order valence-corrected chi connectivity index (χ0v) is 21.0. The molecule has 0 spiro atoms. The van der Waals surface area contributed by atoms with Crippen molar-refractivity contribution in [2.24, 2.45) is 0 Å². The van der Waals surface area contributed by atoms with Crippen molar-refractivity contribution >= 4 is 39.3 Å². The van der Waals surface area contributed by atoms with Crippen LogP contribution >= 0.6 is 39.3 Å². The van der Waals surface area contributed by atoms with Gasteiger partial charge in [-0.2, -0.15) is 4.68 Å². The van der Waals surface area contributed by atoms with Crippen molar-refractivity contribution in [2.45, 2.75) is 24.7 Å². The Bertz CT molecular complexity index is 1160. The summed E-state index contributed by atoms with van der Waals surface area (Å²) >= 11 is 11.2. The third-order valence-corrected chi connectivity index (χ3v) is 6.57. The molecule has 0 unspecified atom stereocenters. The highest BCUT2D eigenvalue weighted by Crippen LogP contribution is 2.25. The van der Waals surface area contributed by atoms with E-state index in [1.807, 2.05) is 66.7 Å². The summed E-state index contributed by atoms with van der Waals surface area (Å²) in [6.07, 6.45) is 0.987.